The number of carbonyl (C=O) groups is 2. The van der Waals surface area contributed by atoms with E-state index < -0.39 is 17.7 Å². The number of benzene rings is 2. The van der Waals surface area contributed by atoms with Gasteiger partial charge in [0.1, 0.15) is 5.76 Å². The maximum Gasteiger partial charge on any atom is 0.295 e. The number of hydrogen-bond donors (Lipinski definition) is 1. The molecule has 3 heterocycles. The first-order valence-electron chi connectivity index (χ1n) is 12.2. The van der Waals surface area contributed by atoms with Crippen LogP contribution in [0.25, 0.3) is 5.76 Å². The van der Waals surface area contributed by atoms with Gasteiger partial charge in [-0.3, -0.25) is 14.5 Å². The standard InChI is InChI=1S/C27H30N2O9/c1-33-18-5-4-16(12-19(18)34-2)24(30)22-23(17-13-20(35-3)26-21(14-17)37-15-38-26)29(27(32)25(22)31)7-6-28-8-10-36-11-9-28/h4-5,12-14,23,30H,6-11,15H2,1-3H3/b24-22+. The number of amides is 1. The van der Waals surface area contributed by atoms with Crippen molar-refractivity contribution in [2.24, 2.45) is 0 Å². The predicted molar refractivity (Wildman–Crippen MR) is 135 cm³/mol. The van der Waals surface area contributed by atoms with E-state index in [-0.39, 0.29) is 24.7 Å². The van der Waals surface area contributed by atoms with E-state index in [1.165, 1.54) is 26.2 Å². The second kappa shape index (κ2) is 10.8. The minimum Gasteiger partial charge on any atom is -0.507 e. The molecule has 1 unspecified atom stereocenters. The second-order valence-electron chi connectivity index (χ2n) is 8.97. The molecule has 0 spiro atoms. The number of carbonyl (C=O) groups excluding carboxylic acids is 2. The summed E-state index contributed by atoms with van der Waals surface area (Å²) in [6.07, 6.45) is 0. The highest BCUT2D eigenvalue weighted by Crippen LogP contribution is 2.47. The Kier molecular flexibility index (Phi) is 7.30. The van der Waals surface area contributed by atoms with Gasteiger partial charge in [-0.05, 0) is 35.9 Å². The average molecular weight is 527 g/mol. The first-order valence-corrected chi connectivity index (χ1v) is 12.2. The second-order valence-corrected chi connectivity index (χ2v) is 8.97. The van der Waals surface area contributed by atoms with E-state index in [1.807, 2.05) is 0 Å². The van der Waals surface area contributed by atoms with Crippen molar-refractivity contribution in [2.45, 2.75) is 6.04 Å². The topological polar surface area (TPSA) is 116 Å². The molecule has 0 aromatic heterocycles. The van der Waals surface area contributed by atoms with Gasteiger partial charge < -0.3 is 38.4 Å². The van der Waals surface area contributed by atoms with E-state index in [1.54, 1.807) is 30.3 Å². The van der Waals surface area contributed by atoms with Gasteiger partial charge in [0.05, 0.1) is 46.2 Å². The van der Waals surface area contributed by atoms with E-state index in [2.05, 4.69) is 4.90 Å². The molecule has 1 atom stereocenters. The number of hydrogen-bond acceptors (Lipinski definition) is 10. The van der Waals surface area contributed by atoms with E-state index >= 15 is 0 Å². The SMILES string of the molecule is COc1ccc(/C(O)=C2\C(=O)C(=O)N(CCN3CCOCC3)C2c2cc(OC)c3c(c2)OCO3)cc1OC. The van der Waals surface area contributed by atoms with Crippen LogP contribution in [-0.2, 0) is 14.3 Å². The van der Waals surface area contributed by atoms with Crippen molar-refractivity contribution in [3.05, 3.63) is 47.0 Å². The zero-order valence-corrected chi connectivity index (χ0v) is 21.5. The molecule has 1 N–H and O–H groups in total. The molecule has 0 aliphatic carbocycles. The normalized spacial score (nSPS) is 20.6. The molecule has 3 aliphatic heterocycles. The molecule has 11 nitrogen and oxygen atoms in total. The van der Waals surface area contributed by atoms with Gasteiger partial charge in [-0.1, -0.05) is 0 Å². The van der Waals surface area contributed by atoms with Crippen molar-refractivity contribution in [3.8, 4) is 28.7 Å². The van der Waals surface area contributed by atoms with Gasteiger partial charge in [-0.15, -0.1) is 0 Å². The third-order valence-electron chi connectivity index (χ3n) is 6.95. The van der Waals surface area contributed by atoms with Gasteiger partial charge in [0.15, 0.2) is 23.0 Å². The van der Waals surface area contributed by atoms with Gasteiger partial charge in [-0.2, -0.15) is 0 Å². The highest BCUT2D eigenvalue weighted by molar-refractivity contribution is 6.46. The van der Waals surface area contributed by atoms with Crippen LogP contribution in [0.3, 0.4) is 0 Å². The predicted octanol–water partition coefficient (Wildman–Crippen LogP) is 2.20. The summed E-state index contributed by atoms with van der Waals surface area (Å²) in [7, 11) is 4.48. The molecule has 2 aromatic rings. The first-order chi connectivity index (χ1) is 18.5. The lowest BCUT2D eigenvalue weighted by molar-refractivity contribution is -0.140. The Morgan fingerprint density at radius 1 is 0.947 bits per heavy atom. The van der Waals surface area contributed by atoms with Crippen molar-refractivity contribution < 1.29 is 43.1 Å². The maximum absolute atomic E-state index is 13.4. The van der Waals surface area contributed by atoms with Gasteiger partial charge in [0.25, 0.3) is 11.7 Å². The quantitative estimate of drug-likeness (QED) is 0.312. The van der Waals surface area contributed by atoms with E-state index in [0.29, 0.717) is 59.6 Å². The number of ketones is 1. The summed E-state index contributed by atoms with van der Waals surface area (Å²) in [5, 5.41) is 11.4. The van der Waals surface area contributed by atoms with Crippen LogP contribution in [0.4, 0.5) is 0 Å². The monoisotopic (exact) mass is 526 g/mol. The third kappa shape index (κ3) is 4.59. The number of likely N-dealkylation sites (tertiary alicyclic amines) is 1. The highest BCUT2D eigenvalue weighted by Gasteiger charge is 2.47. The number of methoxy groups -OCH3 is 3. The lowest BCUT2D eigenvalue weighted by Gasteiger charge is -2.31. The van der Waals surface area contributed by atoms with Crippen LogP contribution in [0.5, 0.6) is 28.7 Å². The molecule has 5 rings (SSSR count). The number of aliphatic hydroxyl groups excluding tert-OH is 1. The van der Waals surface area contributed by atoms with Gasteiger partial charge >= 0.3 is 0 Å². The summed E-state index contributed by atoms with van der Waals surface area (Å²) >= 11 is 0. The summed E-state index contributed by atoms with van der Waals surface area (Å²) in [5.74, 6) is 0.333. The van der Waals surface area contributed by atoms with E-state index in [4.69, 9.17) is 28.4 Å². The molecule has 3 aliphatic rings. The number of morpholine rings is 1. The Hall–Kier alpha value is -3.96. The Bertz CT molecular complexity index is 1270. The molecule has 2 fully saturated rings. The largest absolute Gasteiger partial charge is 0.507 e. The van der Waals surface area contributed by atoms with Crippen molar-refractivity contribution in [1.29, 1.82) is 0 Å². The summed E-state index contributed by atoms with van der Waals surface area (Å²) in [6, 6.07) is 7.33. The average Bonchev–Trinajstić information content (AvgIpc) is 3.53. The van der Waals surface area contributed by atoms with Crippen molar-refractivity contribution >= 4 is 17.4 Å². The Labute approximate surface area is 220 Å². The van der Waals surface area contributed by atoms with Crippen LogP contribution in [0.2, 0.25) is 0 Å². The number of nitrogens with zero attached hydrogens (tertiary/aromatic N) is 2. The fourth-order valence-electron chi connectivity index (χ4n) is 4.98. The molecule has 2 saturated heterocycles. The minimum atomic E-state index is -0.882. The summed E-state index contributed by atoms with van der Waals surface area (Å²) < 4.78 is 32.7. The van der Waals surface area contributed by atoms with Gasteiger partial charge in [-0.25, -0.2) is 0 Å². The van der Waals surface area contributed by atoms with Crippen LogP contribution in [0.1, 0.15) is 17.2 Å². The fraction of sp³-hybridized carbons (Fsp3) is 0.407. The van der Waals surface area contributed by atoms with Crippen LogP contribution in [0, 0.1) is 0 Å². The lowest BCUT2D eigenvalue weighted by atomic mass is 9.94. The summed E-state index contributed by atoms with van der Waals surface area (Å²) in [6.45, 7) is 3.54. The molecular weight excluding hydrogens is 496 g/mol. The summed E-state index contributed by atoms with van der Waals surface area (Å²) in [5.41, 5.74) is 0.825. The van der Waals surface area contributed by atoms with Crippen molar-refractivity contribution in [1.82, 2.24) is 9.80 Å². The molecular formula is C27H30N2O9. The van der Waals surface area contributed by atoms with Crippen LogP contribution in [0.15, 0.2) is 35.9 Å². The minimum absolute atomic E-state index is 0.0258. The fourth-order valence-corrected chi connectivity index (χ4v) is 4.98. The van der Waals surface area contributed by atoms with Crippen LogP contribution >= 0.6 is 0 Å². The number of ether oxygens (including phenoxy) is 6. The zero-order chi connectivity index (χ0) is 26.8. The Morgan fingerprint density at radius 3 is 2.39 bits per heavy atom. The first kappa shape index (κ1) is 25.7. The van der Waals surface area contributed by atoms with E-state index in [0.717, 1.165) is 13.1 Å². The number of rotatable bonds is 8. The molecule has 1 amide bonds. The van der Waals surface area contributed by atoms with Crippen LogP contribution in [-0.4, -0.2) is 94.1 Å². The number of fused-ring (bicyclic) bond motifs is 1. The molecule has 38 heavy (non-hydrogen) atoms. The van der Waals surface area contributed by atoms with Gasteiger partial charge in [0, 0.05) is 31.7 Å². The summed E-state index contributed by atoms with van der Waals surface area (Å²) in [4.78, 5) is 30.5. The van der Waals surface area contributed by atoms with Gasteiger partial charge in [0.2, 0.25) is 12.5 Å². The molecule has 202 valence electrons. The zero-order valence-electron chi connectivity index (χ0n) is 21.5. The molecule has 0 radical (unpaired) electrons. The highest BCUT2D eigenvalue weighted by atomic mass is 16.7. The molecule has 0 saturated carbocycles. The van der Waals surface area contributed by atoms with Crippen molar-refractivity contribution in [3.63, 3.8) is 0 Å². The Balaban J connectivity index is 1.61. The lowest BCUT2D eigenvalue weighted by Crippen LogP contribution is -2.42. The molecule has 0 bridgehead atoms. The maximum atomic E-state index is 13.4. The van der Waals surface area contributed by atoms with Crippen LogP contribution < -0.4 is 23.7 Å². The van der Waals surface area contributed by atoms with Crippen molar-refractivity contribution in [2.75, 3.05) is 67.5 Å². The number of Topliss-reactive ketones (excluding diaryl/α,β-unsaturated/α-hetero) is 1. The number of aliphatic hydroxyl groups is 1. The molecule has 2 aromatic carbocycles. The Morgan fingerprint density at radius 2 is 1.68 bits per heavy atom. The smallest absolute Gasteiger partial charge is 0.295 e. The van der Waals surface area contributed by atoms with E-state index in [9.17, 15) is 14.7 Å². The third-order valence-corrected chi connectivity index (χ3v) is 6.95. The molecule has 11 heteroatoms.